The first-order chi connectivity index (χ1) is 7.68. The van der Waals surface area contributed by atoms with Crippen LogP contribution >= 0.6 is 0 Å². The minimum Gasteiger partial charge on any atom is -0.423 e. The maximum atomic E-state index is 12.0. The summed E-state index contributed by atoms with van der Waals surface area (Å²) in [6, 6.07) is 6.53. The van der Waals surface area contributed by atoms with Gasteiger partial charge < -0.3 is 10.0 Å². The van der Waals surface area contributed by atoms with Gasteiger partial charge in [0.05, 0.1) is 0 Å². The highest BCUT2D eigenvalue weighted by molar-refractivity contribution is 6.58. The summed E-state index contributed by atoms with van der Waals surface area (Å²) in [7, 11) is -1.46. The first-order valence-corrected chi connectivity index (χ1v) is 5.69. The summed E-state index contributed by atoms with van der Waals surface area (Å²) < 4.78 is 0. The molecule has 0 aliphatic heterocycles. The fourth-order valence-corrected chi connectivity index (χ4v) is 2.24. The molecule has 1 aromatic carbocycles. The van der Waals surface area contributed by atoms with Gasteiger partial charge in [0.2, 0.25) is 0 Å². The second-order valence-corrected chi connectivity index (χ2v) is 4.34. The summed E-state index contributed by atoms with van der Waals surface area (Å²) in [5.74, 6) is 0.362. The lowest BCUT2D eigenvalue weighted by Gasteiger charge is -2.08. The maximum absolute atomic E-state index is 12.0. The Labute approximate surface area is 95.3 Å². The van der Waals surface area contributed by atoms with Crippen LogP contribution in [0.1, 0.15) is 36.0 Å². The number of hydrogen-bond donors (Lipinski definition) is 2. The largest absolute Gasteiger partial charge is 0.488 e. The lowest BCUT2D eigenvalue weighted by molar-refractivity contribution is 0.0923. The summed E-state index contributed by atoms with van der Waals surface area (Å²) in [6.07, 6.45) is 4.26. The van der Waals surface area contributed by atoms with Crippen molar-refractivity contribution < 1.29 is 14.8 Å². The molecule has 4 heteroatoms. The number of benzene rings is 1. The zero-order chi connectivity index (χ0) is 11.5. The van der Waals surface area contributed by atoms with Gasteiger partial charge in [-0.05, 0) is 18.3 Å². The molecule has 0 heterocycles. The van der Waals surface area contributed by atoms with Crippen molar-refractivity contribution in [3.63, 3.8) is 0 Å². The Morgan fingerprint density at radius 1 is 1.12 bits per heavy atom. The highest BCUT2D eigenvalue weighted by Crippen LogP contribution is 2.27. The van der Waals surface area contributed by atoms with Crippen molar-refractivity contribution in [1.29, 1.82) is 0 Å². The molecule has 84 valence electrons. The van der Waals surface area contributed by atoms with Crippen molar-refractivity contribution in [3.8, 4) is 0 Å². The molecule has 16 heavy (non-hydrogen) atoms. The van der Waals surface area contributed by atoms with Crippen LogP contribution in [-0.4, -0.2) is 22.9 Å². The lowest BCUT2D eigenvalue weighted by Crippen LogP contribution is -2.29. The standard InChI is InChI=1S/C12H15BO3/c14-12(9-3-1-2-4-9)10-5-7-11(8-6-10)13(15)16/h5-9,15-16H,1-4H2. The van der Waals surface area contributed by atoms with Crippen LogP contribution in [0.3, 0.4) is 0 Å². The van der Waals surface area contributed by atoms with Gasteiger partial charge >= 0.3 is 7.12 Å². The molecule has 1 aliphatic carbocycles. The normalized spacial score (nSPS) is 16.4. The first-order valence-electron chi connectivity index (χ1n) is 5.69. The second kappa shape index (κ2) is 4.81. The molecule has 3 nitrogen and oxygen atoms in total. The minimum atomic E-state index is -1.46. The smallest absolute Gasteiger partial charge is 0.423 e. The quantitative estimate of drug-likeness (QED) is 0.581. The van der Waals surface area contributed by atoms with E-state index in [0.717, 1.165) is 25.7 Å². The summed E-state index contributed by atoms with van der Waals surface area (Å²) in [6.45, 7) is 0. The predicted octanol–water partition coefficient (Wildman–Crippen LogP) is 0.739. The van der Waals surface area contributed by atoms with E-state index >= 15 is 0 Å². The molecule has 0 spiro atoms. The molecule has 0 bridgehead atoms. The van der Waals surface area contributed by atoms with Crippen LogP contribution in [0.4, 0.5) is 0 Å². The fraction of sp³-hybridized carbons (Fsp3) is 0.417. The number of hydrogen-bond acceptors (Lipinski definition) is 3. The third-order valence-electron chi connectivity index (χ3n) is 3.22. The van der Waals surface area contributed by atoms with Crippen molar-refractivity contribution in [3.05, 3.63) is 29.8 Å². The predicted molar refractivity (Wildman–Crippen MR) is 62.6 cm³/mol. The summed E-state index contributed by atoms with van der Waals surface area (Å²) in [5, 5.41) is 17.9. The van der Waals surface area contributed by atoms with E-state index in [1.807, 2.05) is 0 Å². The van der Waals surface area contributed by atoms with Crippen molar-refractivity contribution in [2.45, 2.75) is 25.7 Å². The molecule has 0 aromatic heterocycles. The molecule has 0 unspecified atom stereocenters. The maximum Gasteiger partial charge on any atom is 0.488 e. The molecule has 2 N–H and O–H groups in total. The summed E-state index contributed by atoms with van der Waals surface area (Å²) >= 11 is 0. The first kappa shape index (κ1) is 11.4. The SMILES string of the molecule is O=C(c1ccc(B(O)O)cc1)C1CCCC1. The van der Waals surface area contributed by atoms with Crippen molar-refractivity contribution in [1.82, 2.24) is 0 Å². The number of ketones is 1. The Balaban J connectivity index is 2.11. The van der Waals surface area contributed by atoms with Crippen LogP contribution in [0.15, 0.2) is 24.3 Å². The third-order valence-corrected chi connectivity index (χ3v) is 3.22. The van der Waals surface area contributed by atoms with Crippen LogP contribution in [0.2, 0.25) is 0 Å². The van der Waals surface area contributed by atoms with E-state index in [9.17, 15) is 4.79 Å². The van der Waals surface area contributed by atoms with Gasteiger partial charge in [0.15, 0.2) is 5.78 Å². The van der Waals surface area contributed by atoms with Crippen LogP contribution in [0.25, 0.3) is 0 Å². The molecule has 0 radical (unpaired) electrons. The van der Waals surface area contributed by atoms with E-state index in [-0.39, 0.29) is 11.7 Å². The molecular formula is C12H15BO3. The molecule has 2 rings (SSSR count). The number of Topliss-reactive ketones (excluding diaryl/α,β-unsaturated/α-hetero) is 1. The van der Waals surface area contributed by atoms with Crippen LogP contribution in [0, 0.1) is 5.92 Å². The lowest BCUT2D eigenvalue weighted by atomic mass is 9.79. The molecule has 0 amide bonds. The highest BCUT2D eigenvalue weighted by Gasteiger charge is 2.23. The van der Waals surface area contributed by atoms with Gasteiger partial charge in [-0.2, -0.15) is 0 Å². The van der Waals surface area contributed by atoms with E-state index in [1.54, 1.807) is 24.3 Å². The van der Waals surface area contributed by atoms with Gasteiger partial charge in [-0.3, -0.25) is 4.79 Å². The zero-order valence-electron chi connectivity index (χ0n) is 9.10. The van der Waals surface area contributed by atoms with Crippen LogP contribution in [-0.2, 0) is 0 Å². The Morgan fingerprint density at radius 2 is 1.69 bits per heavy atom. The van der Waals surface area contributed by atoms with Crippen LogP contribution in [0.5, 0.6) is 0 Å². The topological polar surface area (TPSA) is 57.5 Å². The van der Waals surface area contributed by atoms with Gasteiger partial charge in [-0.15, -0.1) is 0 Å². The van der Waals surface area contributed by atoms with E-state index in [4.69, 9.17) is 10.0 Å². The zero-order valence-corrected chi connectivity index (χ0v) is 9.10. The van der Waals surface area contributed by atoms with Gasteiger partial charge in [0, 0.05) is 11.5 Å². The molecule has 1 fully saturated rings. The number of carbonyl (C=O) groups excluding carboxylic acids is 1. The van der Waals surface area contributed by atoms with Gasteiger partial charge in [-0.25, -0.2) is 0 Å². The number of rotatable bonds is 3. The Bertz CT molecular complexity index is 366. The number of carbonyl (C=O) groups is 1. The van der Waals surface area contributed by atoms with Crippen molar-refractivity contribution >= 4 is 18.4 Å². The van der Waals surface area contributed by atoms with Gasteiger partial charge in [0.25, 0.3) is 0 Å². The summed E-state index contributed by atoms with van der Waals surface area (Å²) in [4.78, 5) is 12.0. The Kier molecular flexibility index (Phi) is 3.41. The van der Waals surface area contributed by atoms with Crippen LogP contribution < -0.4 is 5.46 Å². The van der Waals surface area contributed by atoms with Crippen molar-refractivity contribution in [2.75, 3.05) is 0 Å². The van der Waals surface area contributed by atoms with E-state index in [0.29, 0.717) is 11.0 Å². The van der Waals surface area contributed by atoms with Gasteiger partial charge in [0.1, 0.15) is 0 Å². The molecule has 1 saturated carbocycles. The Hall–Kier alpha value is -1.13. The van der Waals surface area contributed by atoms with E-state index < -0.39 is 7.12 Å². The monoisotopic (exact) mass is 218 g/mol. The average molecular weight is 218 g/mol. The molecule has 0 saturated heterocycles. The van der Waals surface area contributed by atoms with E-state index in [1.165, 1.54) is 0 Å². The third kappa shape index (κ3) is 2.34. The fourth-order valence-electron chi connectivity index (χ4n) is 2.24. The molecular weight excluding hydrogens is 203 g/mol. The minimum absolute atomic E-state index is 0.171. The molecule has 1 aliphatic rings. The Morgan fingerprint density at radius 3 is 2.19 bits per heavy atom. The molecule has 1 aromatic rings. The highest BCUT2D eigenvalue weighted by atomic mass is 16.4. The average Bonchev–Trinajstić information content (AvgIpc) is 2.81. The summed E-state index contributed by atoms with van der Waals surface area (Å²) in [5.41, 5.74) is 1.10. The van der Waals surface area contributed by atoms with E-state index in [2.05, 4.69) is 0 Å². The molecule has 0 atom stereocenters. The second-order valence-electron chi connectivity index (χ2n) is 4.34. The van der Waals surface area contributed by atoms with Gasteiger partial charge in [-0.1, -0.05) is 37.1 Å². The van der Waals surface area contributed by atoms with Crippen molar-refractivity contribution in [2.24, 2.45) is 5.92 Å².